The van der Waals surface area contributed by atoms with Crippen LogP contribution in [0.15, 0.2) is 24.3 Å². The number of aliphatic hydroxyl groups is 1. The monoisotopic (exact) mass is 323 g/mol. The van der Waals surface area contributed by atoms with E-state index in [0.717, 1.165) is 25.7 Å². The second-order valence-corrected chi connectivity index (χ2v) is 6.55. The molecule has 2 N–H and O–H groups in total. The number of methoxy groups -OCH3 is 1. The van der Waals surface area contributed by atoms with Crippen LogP contribution < -0.4 is 5.32 Å². The van der Waals surface area contributed by atoms with Crippen LogP contribution in [0.25, 0.3) is 0 Å². The molecule has 23 heavy (non-hydrogen) atoms. The molecule has 0 saturated heterocycles. The van der Waals surface area contributed by atoms with Gasteiger partial charge in [0.15, 0.2) is 0 Å². The molecule has 1 saturated carbocycles. The zero-order chi connectivity index (χ0) is 16.9. The summed E-state index contributed by atoms with van der Waals surface area (Å²) in [6, 6.07) is 5.65. The molecule has 0 aromatic heterocycles. The minimum atomic E-state index is -0.720. The summed E-state index contributed by atoms with van der Waals surface area (Å²) in [6.45, 7) is 2.47. The van der Waals surface area contributed by atoms with E-state index in [9.17, 15) is 14.3 Å². The Balaban J connectivity index is 1.87. The first-order valence-electron chi connectivity index (χ1n) is 8.20. The van der Waals surface area contributed by atoms with Crippen LogP contribution in [0, 0.1) is 11.2 Å². The van der Waals surface area contributed by atoms with Crippen LogP contribution in [-0.4, -0.2) is 30.8 Å². The Morgan fingerprint density at radius 1 is 1.39 bits per heavy atom. The van der Waals surface area contributed by atoms with Crippen molar-refractivity contribution in [3.05, 3.63) is 35.6 Å². The number of amides is 1. The molecule has 1 aliphatic rings. The van der Waals surface area contributed by atoms with Crippen LogP contribution in [0.1, 0.15) is 50.7 Å². The average Bonchev–Trinajstić information content (AvgIpc) is 2.46. The molecule has 1 fully saturated rings. The molecule has 5 heteroatoms. The minimum absolute atomic E-state index is 0.0552. The first-order chi connectivity index (χ1) is 11.0. The zero-order valence-corrected chi connectivity index (χ0v) is 13.8. The zero-order valence-electron chi connectivity index (χ0n) is 13.8. The Kier molecular flexibility index (Phi) is 6.13. The van der Waals surface area contributed by atoms with Crippen molar-refractivity contribution in [2.75, 3.05) is 13.7 Å². The van der Waals surface area contributed by atoms with E-state index in [0.29, 0.717) is 18.6 Å². The normalized spacial score (nSPS) is 18.8. The minimum Gasteiger partial charge on any atom is -0.388 e. The van der Waals surface area contributed by atoms with Gasteiger partial charge in [0, 0.05) is 19.8 Å². The predicted octanol–water partition coefficient (Wildman–Crippen LogP) is 2.96. The molecule has 0 bridgehead atoms. The van der Waals surface area contributed by atoms with Gasteiger partial charge in [-0.2, -0.15) is 0 Å². The Hall–Kier alpha value is -1.46. The number of halogens is 1. The molecular weight excluding hydrogens is 297 g/mol. The first-order valence-corrected chi connectivity index (χ1v) is 8.20. The van der Waals surface area contributed by atoms with E-state index in [1.54, 1.807) is 19.2 Å². The van der Waals surface area contributed by atoms with E-state index in [-0.39, 0.29) is 23.2 Å². The van der Waals surface area contributed by atoms with Crippen molar-refractivity contribution in [1.82, 2.24) is 5.32 Å². The molecule has 2 rings (SSSR count). The van der Waals surface area contributed by atoms with E-state index in [1.165, 1.54) is 12.1 Å². The molecular formula is C18H26FNO3. The highest BCUT2D eigenvalue weighted by Gasteiger charge is 2.43. The smallest absolute Gasteiger partial charge is 0.226 e. The molecule has 1 aromatic rings. The van der Waals surface area contributed by atoms with E-state index in [2.05, 4.69) is 5.32 Å². The number of ether oxygens (including phenoxy) is 1. The highest BCUT2D eigenvalue weighted by atomic mass is 19.1. The maximum atomic E-state index is 12.9. The van der Waals surface area contributed by atoms with Crippen molar-refractivity contribution in [2.45, 2.75) is 51.2 Å². The van der Waals surface area contributed by atoms with Crippen LogP contribution in [0.2, 0.25) is 0 Å². The van der Waals surface area contributed by atoms with Gasteiger partial charge >= 0.3 is 0 Å². The van der Waals surface area contributed by atoms with E-state index in [4.69, 9.17) is 4.74 Å². The molecule has 2 unspecified atom stereocenters. The van der Waals surface area contributed by atoms with Gasteiger partial charge in [0.2, 0.25) is 5.91 Å². The van der Waals surface area contributed by atoms with Crippen LogP contribution in [-0.2, 0) is 9.53 Å². The number of nitrogens with one attached hydrogen (secondary N) is 1. The number of hydrogen-bond acceptors (Lipinski definition) is 3. The summed E-state index contributed by atoms with van der Waals surface area (Å²) >= 11 is 0. The molecule has 128 valence electrons. The Bertz CT molecular complexity index is 514. The molecule has 1 aliphatic carbocycles. The quantitative estimate of drug-likeness (QED) is 0.773. The third kappa shape index (κ3) is 4.52. The Labute approximate surface area is 137 Å². The van der Waals surface area contributed by atoms with Crippen molar-refractivity contribution in [3.8, 4) is 0 Å². The van der Waals surface area contributed by atoms with Gasteiger partial charge in [0.05, 0.1) is 11.5 Å². The fraction of sp³-hybridized carbons (Fsp3) is 0.611. The molecule has 1 amide bonds. The number of hydrogen-bond donors (Lipinski definition) is 2. The SMILES string of the molecule is COCCC1(C(=O)NC(C)CC(O)c2ccc(F)cc2)CCC1. The lowest BCUT2D eigenvalue weighted by molar-refractivity contribution is -0.138. The Morgan fingerprint density at radius 2 is 2.04 bits per heavy atom. The number of rotatable bonds is 8. The molecule has 2 atom stereocenters. The lowest BCUT2D eigenvalue weighted by atomic mass is 9.66. The number of aliphatic hydroxyl groups excluding tert-OH is 1. The van der Waals surface area contributed by atoms with Gasteiger partial charge < -0.3 is 15.2 Å². The van der Waals surface area contributed by atoms with Gasteiger partial charge in [-0.3, -0.25) is 4.79 Å². The van der Waals surface area contributed by atoms with Gasteiger partial charge in [0.1, 0.15) is 5.82 Å². The lowest BCUT2D eigenvalue weighted by Crippen LogP contribution is -2.49. The maximum absolute atomic E-state index is 12.9. The largest absolute Gasteiger partial charge is 0.388 e. The number of benzene rings is 1. The fourth-order valence-corrected chi connectivity index (χ4v) is 3.08. The highest BCUT2D eigenvalue weighted by molar-refractivity contribution is 5.83. The summed E-state index contributed by atoms with van der Waals surface area (Å²) in [6.07, 6.45) is 3.29. The first kappa shape index (κ1) is 17.9. The van der Waals surface area contributed by atoms with Crippen molar-refractivity contribution in [2.24, 2.45) is 5.41 Å². The third-order valence-electron chi connectivity index (χ3n) is 4.79. The summed E-state index contributed by atoms with van der Waals surface area (Å²) < 4.78 is 18.0. The second kappa shape index (κ2) is 7.88. The summed E-state index contributed by atoms with van der Waals surface area (Å²) in [5.41, 5.74) is 0.357. The van der Waals surface area contributed by atoms with Crippen LogP contribution in [0.3, 0.4) is 0 Å². The van der Waals surface area contributed by atoms with Crippen LogP contribution in [0.4, 0.5) is 4.39 Å². The van der Waals surface area contributed by atoms with Crippen LogP contribution in [0.5, 0.6) is 0 Å². The van der Waals surface area contributed by atoms with Gasteiger partial charge in [-0.1, -0.05) is 18.6 Å². The second-order valence-electron chi connectivity index (χ2n) is 6.55. The van der Waals surface area contributed by atoms with Crippen molar-refractivity contribution < 1.29 is 19.0 Å². The summed E-state index contributed by atoms with van der Waals surface area (Å²) in [5, 5.41) is 13.2. The fourth-order valence-electron chi connectivity index (χ4n) is 3.08. The van der Waals surface area contributed by atoms with Crippen molar-refractivity contribution in [1.29, 1.82) is 0 Å². The maximum Gasteiger partial charge on any atom is 0.226 e. The van der Waals surface area contributed by atoms with Crippen molar-refractivity contribution >= 4 is 5.91 Å². The molecule has 0 radical (unpaired) electrons. The number of carbonyl (C=O) groups is 1. The van der Waals surface area contributed by atoms with Crippen LogP contribution >= 0.6 is 0 Å². The summed E-state index contributed by atoms with van der Waals surface area (Å²) in [4.78, 5) is 12.5. The number of carbonyl (C=O) groups excluding carboxylic acids is 1. The third-order valence-corrected chi connectivity index (χ3v) is 4.79. The lowest BCUT2D eigenvalue weighted by Gasteiger charge is -2.41. The predicted molar refractivity (Wildman–Crippen MR) is 86.4 cm³/mol. The van der Waals surface area contributed by atoms with E-state index < -0.39 is 6.10 Å². The highest BCUT2D eigenvalue weighted by Crippen LogP contribution is 2.44. The molecule has 0 aliphatic heterocycles. The topological polar surface area (TPSA) is 58.6 Å². The Morgan fingerprint density at radius 3 is 2.57 bits per heavy atom. The average molecular weight is 323 g/mol. The summed E-state index contributed by atoms with van der Waals surface area (Å²) in [7, 11) is 1.64. The standard InChI is InChI=1S/C18H26FNO3/c1-13(12-16(21)14-4-6-15(19)7-5-14)20-17(22)18(8-3-9-18)10-11-23-2/h4-7,13,16,21H,3,8-12H2,1-2H3,(H,20,22). The van der Waals surface area contributed by atoms with Crippen molar-refractivity contribution in [3.63, 3.8) is 0 Å². The van der Waals surface area contributed by atoms with Gasteiger partial charge in [-0.25, -0.2) is 4.39 Å². The summed E-state index contributed by atoms with van der Waals surface area (Å²) in [5.74, 6) is -0.271. The van der Waals surface area contributed by atoms with Gasteiger partial charge in [-0.15, -0.1) is 0 Å². The van der Waals surface area contributed by atoms with E-state index >= 15 is 0 Å². The molecule has 0 heterocycles. The van der Waals surface area contributed by atoms with E-state index in [1.807, 2.05) is 6.92 Å². The molecule has 4 nitrogen and oxygen atoms in total. The van der Waals surface area contributed by atoms with Gasteiger partial charge in [0.25, 0.3) is 0 Å². The molecule has 0 spiro atoms. The molecule has 1 aromatic carbocycles. The van der Waals surface area contributed by atoms with Gasteiger partial charge in [-0.05, 0) is 50.3 Å².